The number of Topliss-reactive ketones (excluding diaryl/α,β-unsaturated/α-hetero) is 1. The van der Waals surface area contributed by atoms with Crippen LogP contribution in [0.15, 0.2) is 36.4 Å². The summed E-state index contributed by atoms with van der Waals surface area (Å²) in [6, 6.07) is 7.06. The van der Waals surface area contributed by atoms with E-state index in [0.717, 1.165) is 12.1 Å². The van der Waals surface area contributed by atoms with Gasteiger partial charge in [-0.15, -0.1) is 0 Å². The molecule has 0 aliphatic heterocycles. The molecule has 0 heterocycles. The Morgan fingerprint density at radius 1 is 1.03 bits per heavy atom. The lowest BCUT2D eigenvalue weighted by Crippen LogP contribution is -2.33. The molecule has 0 radical (unpaired) electrons. The lowest BCUT2D eigenvalue weighted by Gasteiger charge is -2.17. The summed E-state index contributed by atoms with van der Waals surface area (Å²) < 4.78 is 65.0. The van der Waals surface area contributed by atoms with Crippen LogP contribution in [0.3, 0.4) is 0 Å². The molecule has 1 N–H and O–H groups in total. The second kappa shape index (κ2) is 8.80. The summed E-state index contributed by atoms with van der Waals surface area (Å²) in [7, 11) is 2.74. The van der Waals surface area contributed by atoms with Crippen LogP contribution in [0.2, 0.25) is 0 Å². The van der Waals surface area contributed by atoms with Gasteiger partial charge < -0.3 is 19.5 Å². The average Bonchev–Trinajstić information content (AvgIpc) is 2.67. The summed E-state index contributed by atoms with van der Waals surface area (Å²) in [5.74, 6) is -1.29. The monoisotopic (exact) mass is 415 g/mol. The quantitative estimate of drug-likeness (QED) is 0.511. The first-order valence-corrected chi connectivity index (χ1v) is 8.12. The molecule has 0 saturated heterocycles. The summed E-state index contributed by atoms with van der Waals surface area (Å²) >= 11 is 0. The predicted molar refractivity (Wildman–Crippen MR) is 95.5 cm³/mol. The number of carbonyl (C=O) groups excluding carboxylic acids is 2. The van der Waals surface area contributed by atoms with Crippen LogP contribution in [0.4, 0.5) is 23.2 Å². The molecular formula is C19H17F4NO5. The predicted octanol–water partition coefficient (Wildman–Crippen LogP) is 4.40. The zero-order chi connectivity index (χ0) is 21.8. The molecule has 29 heavy (non-hydrogen) atoms. The van der Waals surface area contributed by atoms with Gasteiger partial charge in [0.15, 0.2) is 17.3 Å². The van der Waals surface area contributed by atoms with Gasteiger partial charge in [-0.3, -0.25) is 9.59 Å². The molecule has 10 heteroatoms. The lowest BCUT2D eigenvalue weighted by atomic mass is 10.1. The number of anilines is 1. The standard InChI is InChI=1S/C19H17F4NO5/c1-10(25)13-8-15(27-2)16(28-3)9-14(13)24-17(26)11-5-4-6-12(7-11)29-19(22,23)18(20)21/h4-9,18H,1-3H3,(H,24,26). The van der Waals surface area contributed by atoms with Crippen LogP contribution >= 0.6 is 0 Å². The Labute approximate surface area is 163 Å². The summed E-state index contributed by atoms with van der Waals surface area (Å²) in [6.45, 7) is 1.28. The molecule has 2 aromatic carbocycles. The van der Waals surface area contributed by atoms with Crippen LogP contribution in [-0.2, 0) is 0 Å². The number of carbonyl (C=O) groups is 2. The second-order valence-electron chi connectivity index (χ2n) is 5.76. The van der Waals surface area contributed by atoms with Crippen molar-refractivity contribution in [2.24, 2.45) is 0 Å². The SMILES string of the molecule is COc1cc(NC(=O)c2cccc(OC(F)(F)C(F)F)c2)c(C(C)=O)cc1OC. The third kappa shape index (κ3) is 5.15. The van der Waals surface area contributed by atoms with Gasteiger partial charge in [0, 0.05) is 17.2 Å². The van der Waals surface area contributed by atoms with Crippen LogP contribution in [0.1, 0.15) is 27.6 Å². The Morgan fingerprint density at radius 3 is 2.21 bits per heavy atom. The maximum Gasteiger partial charge on any atom is 0.461 e. The maximum absolute atomic E-state index is 13.1. The van der Waals surface area contributed by atoms with Crippen molar-refractivity contribution in [2.75, 3.05) is 19.5 Å². The number of rotatable bonds is 8. The lowest BCUT2D eigenvalue weighted by molar-refractivity contribution is -0.253. The molecule has 0 fully saturated rings. The largest absolute Gasteiger partial charge is 0.493 e. The smallest absolute Gasteiger partial charge is 0.461 e. The fourth-order valence-electron chi connectivity index (χ4n) is 2.37. The first-order valence-electron chi connectivity index (χ1n) is 8.12. The summed E-state index contributed by atoms with van der Waals surface area (Å²) in [4.78, 5) is 24.4. The molecule has 0 bridgehead atoms. The van der Waals surface area contributed by atoms with E-state index in [1.54, 1.807) is 0 Å². The van der Waals surface area contributed by atoms with Gasteiger partial charge in [0.1, 0.15) is 5.75 Å². The number of benzene rings is 2. The van der Waals surface area contributed by atoms with Crippen molar-refractivity contribution in [1.29, 1.82) is 0 Å². The van der Waals surface area contributed by atoms with Gasteiger partial charge in [0.25, 0.3) is 5.91 Å². The Morgan fingerprint density at radius 2 is 1.66 bits per heavy atom. The van der Waals surface area contributed by atoms with Crippen LogP contribution in [0.5, 0.6) is 17.2 Å². The minimum absolute atomic E-state index is 0.0874. The van der Waals surface area contributed by atoms with Gasteiger partial charge in [-0.2, -0.15) is 17.6 Å². The van der Waals surface area contributed by atoms with Crippen molar-refractivity contribution >= 4 is 17.4 Å². The van der Waals surface area contributed by atoms with Crippen molar-refractivity contribution < 1.29 is 41.4 Å². The van der Waals surface area contributed by atoms with Crippen molar-refractivity contribution in [3.8, 4) is 17.2 Å². The van der Waals surface area contributed by atoms with Crippen molar-refractivity contribution in [3.05, 3.63) is 47.5 Å². The molecule has 0 aliphatic carbocycles. The molecule has 0 unspecified atom stereocenters. The van der Waals surface area contributed by atoms with Crippen LogP contribution < -0.4 is 19.5 Å². The Balaban J connectivity index is 2.33. The van der Waals surface area contributed by atoms with Gasteiger partial charge >= 0.3 is 12.5 Å². The van der Waals surface area contributed by atoms with Crippen molar-refractivity contribution in [1.82, 2.24) is 0 Å². The number of methoxy groups -OCH3 is 2. The van der Waals surface area contributed by atoms with E-state index in [0.29, 0.717) is 0 Å². The number of hydrogen-bond acceptors (Lipinski definition) is 5. The number of nitrogens with one attached hydrogen (secondary N) is 1. The highest BCUT2D eigenvalue weighted by molar-refractivity contribution is 6.09. The van der Waals surface area contributed by atoms with Crippen LogP contribution in [-0.4, -0.2) is 38.4 Å². The molecule has 1 amide bonds. The highest BCUT2D eigenvalue weighted by atomic mass is 19.3. The van der Waals surface area contributed by atoms with Gasteiger partial charge in [-0.25, -0.2) is 0 Å². The van der Waals surface area contributed by atoms with Gasteiger partial charge in [0.2, 0.25) is 0 Å². The topological polar surface area (TPSA) is 73.9 Å². The first-order chi connectivity index (χ1) is 13.6. The number of amides is 1. The van der Waals surface area contributed by atoms with Crippen molar-refractivity contribution in [3.63, 3.8) is 0 Å². The molecule has 0 spiro atoms. The van der Waals surface area contributed by atoms with E-state index in [1.165, 1.54) is 45.4 Å². The molecule has 156 valence electrons. The minimum Gasteiger partial charge on any atom is -0.493 e. The number of halogens is 4. The van der Waals surface area contributed by atoms with Crippen LogP contribution in [0.25, 0.3) is 0 Å². The molecule has 0 aliphatic rings. The highest BCUT2D eigenvalue weighted by Gasteiger charge is 2.44. The fourth-order valence-corrected chi connectivity index (χ4v) is 2.37. The zero-order valence-electron chi connectivity index (χ0n) is 15.6. The maximum atomic E-state index is 13.1. The molecular weight excluding hydrogens is 398 g/mol. The third-order valence-electron chi connectivity index (χ3n) is 3.76. The second-order valence-corrected chi connectivity index (χ2v) is 5.76. The number of alkyl halides is 4. The van der Waals surface area contributed by atoms with E-state index in [9.17, 15) is 27.2 Å². The van der Waals surface area contributed by atoms with Gasteiger partial charge in [-0.05, 0) is 31.2 Å². The highest BCUT2D eigenvalue weighted by Crippen LogP contribution is 2.34. The third-order valence-corrected chi connectivity index (χ3v) is 3.76. The van der Waals surface area contributed by atoms with Gasteiger partial charge in [0.05, 0.1) is 19.9 Å². The molecule has 2 rings (SSSR count). The summed E-state index contributed by atoms with van der Waals surface area (Å²) in [6.07, 6.45) is -8.75. The van der Waals surface area contributed by atoms with E-state index in [4.69, 9.17) is 9.47 Å². The molecule has 2 aromatic rings. The van der Waals surface area contributed by atoms with E-state index < -0.39 is 24.2 Å². The number of ketones is 1. The molecule has 6 nitrogen and oxygen atoms in total. The van der Waals surface area contributed by atoms with Gasteiger partial charge in [-0.1, -0.05) is 6.07 Å². The zero-order valence-corrected chi connectivity index (χ0v) is 15.6. The van der Waals surface area contributed by atoms with E-state index in [1.807, 2.05) is 0 Å². The summed E-state index contributed by atoms with van der Waals surface area (Å²) in [5.41, 5.74) is 0.0499. The van der Waals surface area contributed by atoms with Crippen molar-refractivity contribution in [2.45, 2.75) is 19.5 Å². The Kier molecular flexibility index (Phi) is 6.68. The molecule has 0 aromatic heterocycles. The normalized spacial score (nSPS) is 11.2. The van der Waals surface area contributed by atoms with E-state index >= 15 is 0 Å². The molecule has 0 atom stereocenters. The summed E-state index contributed by atoms with van der Waals surface area (Å²) in [5, 5.41) is 2.46. The first kappa shape index (κ1) is 22.0. The van der Waals surface area contributed by atoms with Crippen LogP contribution in [0, 0.1) is 0 Å². The number of ether oxygens (including phenoxy) is 3. The van der Waals surface area contributed by atoms with E-state index in [2.05, 4.69) is 10.1 Å². The Bertz CT molecular complexity index is 917. The van der Waals surface area contributed by atoms with E-state index in [-0.39, 0.29) is 34.1 Å². The number of hydrogen-bond donors (Lipinski definition) is 1. The fraction of sp³-hybridized carbons (Fsp3) is 0.263. The Hall–Kier alpha value is -3.30. The average molecular weight is 415 g/mol. The minimum atomic E-state index is -4.71. The molecule has 0 saturated carbocycles.